The second kappa shape index (κ2) is 6.12. The number of sulfonamides is 1. The first-order valence-electron chi connectivity index (χ1n) is 7.91. The molecule has 2 heterocycles. The number of guanidine groups is 1. The van der Waals surface area contributed by atoms with Crippen LogP contribution in [0.5, 0.6) is 5.75 Å². The highest BCUT2D eigenvalue weighted by Crippen LogP contribution is 2.44. The fourth-order valence-corrected chi connectivity index (χ4v) is 4.63. The summed E-state index contributed by atoms with van der Waals surface area (Å²) in [5, 5.41) is 2.45. The van der Waals surface area contributed by atoms with Crippen molar-refractivity contribution in [1.82, 2.24) is 9.62 Å². The molecule has 1 aromatic rings. The number of hydrogen-bond acceptors (Lipinski definition) is 6. The Morgan fingerprint density at radius 2 is 2.12 bits per heavy atom. The van der Waals surface area contributed by atoms with Gasteiger partial charge in [-0.2, -0.15) is 0 Å². The zero-order valence-electron chi connectivity index (χ0n) is 14.9. The molecular weight excluding hydrogens is 426 g/mol. The van der Waals surface area contributed by atoms with Crippen LogP contribution in [0.4, 0.5) is 4.79 Å². The number of hydrogen-bond donors (Lipinski definition) is 1. The van der Waals surface area contributed by atoms with Gasteiger partial charge in [0.05, 0.1) is 0 Å². The predicted octanol–water partition coefficient (Wildman–Crippen LogP) is 2.19. The minimum Gasteiger partial charge on any atom is -0.490 e. The minimum absolute atomic E-state index is 0.0748. The number of rotatable bonds is 0. The minimum atomic E-state index is -3.71. The van der Waals surface area contributed by atoms with Gasteiger partial charge in [-0.15, -0.1) is 0 Å². The molecule has 1 spiro atoms. The molecule has 3 rings (SSSR count). The van der Waals surface area contributed by atoms with E-state index in [1.807, 2.05) is 6.07 Å². The fraction of sp³-hybridized carbons (Fsp3) is 0.500. The molecule has 1 aromatic carbocycles. The summed E-state index contributed by atoms with van der Waals surface area (Å²) in [6.45, 7) is 5.23. The molecule has 0 bridgehead atoms. The van der Waals surface area contributed by atoms with E-state index < -0.39 is 27.3 Å². The Bertz CT molecular complexity index is 894. The molecule has 2 aliphatic rings. The summed E-state index contributed by atoms with van der Waals surface area (Å²) in [7, 11) is -2.37. The van der Waals surface area contributed by atoms with E-state index in [9.17, 15) is 13.2 Å². The van der Waals surface area contributed by atoms with Gasteiger partial charge in [-0.25, -0.2) is 22.5 Å². The second-order valence-corrected chi connectivity index (χ2v) is 10.2. The summed E-state index contributed by atoms with van der Waals surface area (Å²) in [5.41, 5.74) is -1.18. The first kappa shape index (κ1) is 19.0. The molecule has 0 saturated carbocycles. The zero-order valence-corrected chi connectivity index (χ0v) is 17.3. The van der Waals surface area contributed by atoms with Gasteiger partial charge in [0, 0.05) is 17.1 Å². The zero-order chi connectivity index (χ0) is 19.3. The highest BCUT2D eigenvalue weighted by molar-refractivity contribution is 9.10. The summed E-state index contributed by atoms with van der Waals surface area (Å²) in [4.78, 5) is 16.7. The number of benzene rings is 1. The van der Waals surface area contributed by atoms with E-state index in [0.717, 1.165) is 8.78 Å². The molecule has 142 valence electrons. The van der Waals surface area contributed by atoms with Gasteiger partial charge in [-0.05, 0) is 39.0 Å². The fourth-order valence-electron chi connectivity index (χ4n) is 2.82. The third kappa shape index (κ3) is 3.52. The average Bonchev–Trinajstić information content (AvgIpc) is 2.80. The highest BCUT2D eigenvalue weighted by Gasteiger charge is 2.50. The van der Waals surface area contributed by atoms with Gasteiger partial charge in [0.15, 0.2) is 0 Å². The summed E-state index contributed by atoms with van der Waals surface area (Å²) in [5.74, 6) is 0.231. The van der Waals surface area contributed by atoms with Crippen molar-refractivity contribution in [3.05, 3.63) is 28.2 Å². The summed E-state index contributed by atoms with van der Waals surface area (Å²) < 4.78 is 38.0. The molecule has 1 amide bonds. The average molecular weight is 446 g/mol. The molecule has 2 aliphatic heterocycles. The quantitative estimate of drug-likeness (QED) is 0.659. The van der Waals surface area contributed by atoms with E-state index in [4.69, 9.17) is 9.47 Å². The van der Waals surface area contributed by atoms with Crippen LogP contribution >= 0.6 is 15.9 Å². The number of carbonyl (C=O) groups is 1. The smallest absolute Gasteiger partial charge is 0.414 e. The number of aliphatic imine (C=N–C) groups is 1. The lowest BCUT2D eigenvalue weighted by atomic mass is 9.95. The predicted molar refractivity (Wildman–Crippen MR) is 99.7 cm³/mol. The number of nitrogens with zero attached hydrogens (tertiary/aromatic N) is 2. The third-order valence-corrected chi connectivity index (χ3v) is 6.32. The number of halogens is 1. The Labute approximate surface area is 160 Å². The van der Waals surface area contributed by atoms with Crippen molar-refractivity contribution in [2.45, 2.75) is 31.9 Å². The standard InChI is InChI=1S/C16H20BrN3O5S/c1-15(2,3)25-14(21)18-13-19-16(9-26(22,23)20(13)4)8-24-12-6-5-10(17)7-11(12)16/h5-7H,8-9H2,1-4H3,(H,18,19,21)/t16-/m0/s1. The van der Waals surface area contributed by atoms with Gasteiger partial charge in [0.2, 0.25) is 16.0 Å². The van der Waals surface area contributed by atoms with Crippen molar-refractivity contribution < 1.29 is 22.7 Å². The third-order valence-electron chi connectivity index (χ3n) is 3.98. The maximum absolute atomic E-state index is 12.7. The van der Waals surface area contributed by atoms with Crippen LogP contribution in [-0.2, 0) is 20.3 Å². The van der Waals surface area contributed by atoms with Crippen LogP contribution in [0.2, 0.25) is 0 Å². The number of carbonyl (C=O) groups excluding carboxylic acids is 1. The van der Waals surface area contributed by atoms with E-state index in [0.29, 0.717) is 11.3 Å². The molecule has 8 nitrogen and oxygen atoms in total. The van der Waals surface area contributed by atoms with Crippen LogP contribution < -0.4 is 10.1 Å². The van der Waals surface area contributed by atoms with Gasteiger partial charge in [-0.1, -0.05) is 15.9 Å². The molecule has 0 saturated heterocycles. The molecule has 0 aliphatic carbocycles. The van der Waals surface area contributed by atoms with Gasteiger partial charge in [0.25, 0.3) is 0 Å². The van der Waals surface area contributed by atoms with Crippen LogP contribution in [0.25, 0.3) is 0 Å². The van der Waals surface area contributed by atoms with Crippen LogP contribution in [0.3, 0.4) is 0 Å². The Kier molecular flexibility index (Phi) is 4.47. The van der Waals surface area contributed by atoms with Crippen molar-refractivity contribution in [1.29, 1.82) is 0 Å². The summed E-state index contributed by atoms with van der Waals surface area (Å²) >= 11 is 3.39. The lowest BCUT2D eigenvalue weighted by Gasteiger charge is -2.34. The monoisotopic (exact) mass is 445 g/mol. The van der Waals surface area contributed by atoms with Gasteiger partial charge in [-0.3, -0.25) is 5.32 Å². The number of ether oxygens (including phenoxy) is 2. The molecule has 0 fully saturated rings. The molecule has 1 N–H and O–H groups in total. The van der Waals surface area contributed by atoms with Crippen molar-refractivity contribution in [3.8, 4) is 5.75 Å². The first-order chi connectivity index (χ1) is 11.9. The largest absolute Gasteiger partial charge is 0.490 e. The van der Waals surface area contributed by atoms with E-state index >= 15 is 0 Å². The summed E-state index contributed by atoms with van der Waals surface area (Å²) in [6.07, 6.45) is -0.774. The Hall–Kier alpha value is -1.81. The molecule has 1 atom stereocenters. The topological polar surface area (TPSA) is 97.3 Å². The molecule has 26 heavy (non-hydrogen) atoms. The van der Waals surface area contributed by atoms with Crippen molar-refractivity contribution >= 4 is 38.0 Å². The summed E-state index contributed by atoms with van der Waals surface area (Å²) in [6, 6.07) is 5.36. The van der Waals surface area contributed by atoms with Crippen LogP contribution in [0.1, 0.15) is 26.3 Å². The maximum Gasteiger partial charge on any atom is 0.414 e. The van der Waals surface area contributed by atoms with E-state index in [1.165, 1.54) is 7.05 Å². The van der Waals surface area contributed by atoms with Gasteiger partial charge in [0.1, 0.15) is 29.2 Å². The number of nitrogens with one attached hydrogen (secondary N) is 1. The number of fused-ring (bicyclic) bond motifs is 2. The molecule has 10 heteroatoms. The van der Waals surface area contributed by atoms with Crippen molar-refractivity contribution in [3.63, 3.8) is 0 Å². The number of amides is 1. The Morgan fingerprint density at radius 3 is 2.77 bits per heavy atom. The van der Waals surface area contributed by atoms with E-state index in [1.54, 1.807) is 32.9 Å². The first-order valence-corrected chi connectivity index (χ1v) is 10.3. The normalized spacial score (nSPS) is 23.9. The Balaban J connectivity index is 2.02. The molecule has 0 aromatic heterocycles. The second-order valence-electron chi connectivity index (χ2n) is 7.25. The maximum atomic E-state index is 12.7. The van der Waals surface area contributed by atoms with E-state index in [2.05, 4.69) is 26.2 Å². The van der Waals surface area contributed by atoms with Gasteiger partial charge < -0.3 is 9.47 Å². The molecular formula is C16H20BrN3O5S. The van der Waals surface area contributed by atoms with Crippen LogP contribution in [0.15, 0.2) is 27.7 Å². The Morgan fingerprint density at radius 1 is 1.42 bits per heavy atom. The lowest BCUT2D eigenvalue weighted by Crippen LogP contribution is -2.55. The molecule has 0 radical (unpaired) electrons. The van der Waals surface area contributed by atoms with Crippen LogP contribution in [-0.4, -0.2) is 49.8 Å². The molecule has 0 unspecified atom stereocenters. The van der Waals surface area contributed by atoms with E-state index in [-0.39, 0.29) is 18.3 Å². The van der Waals surface area contributed by atoms with Crippen molar-refractivity contribution in [2.75, 3.05) is 19.4 Å². The number of alkyl carbamates (subject to hydrolysis) is 1. The SMILES string of the molecule is CN1C(NC(=O)OC(C)(C)C)=N[C@@]2(COc3ccc(Br)cc32)CS1(=O)=O. The van der Waals surface area contributed by atoms with Crippen molar-refractivity contribution in [2.24, 2.45) is 4.99 Å². The highest BCUT2D eigenvalue weighted by atomic mass is 79.9. The lowest BCUT2D eigenvalue weighted by molar-refractivity contribution is 0.0558. The van der Waals surface area contributed by atoms with Crippen LogP contribution in [0, 0.1) is 0 Å². The van der Waals surface area contributed by atoms with Gasteiger partial charge >= 0.3 is 6.09 Å².